The zero-order valence-electron chi connectivity index (χ0n) is 6.75. The van der Waals surface area contributed by atoms with Crippen molar-refractivity contribution in [3.63, 3.8) is 0 Å². The van der Waals surface area contributed by atoms with Gasteiger partial charge < -0.3 is 9.84 Å². The van der Waals surface area contributed by atoms with E-state index in [2.05, 4.69) is 0 Å². The van der Waals surface area contributed by atoms with Gasteiger partial charge in [0.25, 0.3) is 0 Å². The molecule has 0 aromatic rings. The van der Waals surface area contributed by atoms with Crippen LogP contribution in [0.25, 0.3) is 0 Å². The summed E-state index contributed by atoms with van der Waals surface area (Å²) in [5.41, 5.74) is 0. The first-order valence-electron chi connectivity index (χ1n) is 3.75. The molecule has 0 atom stereocenters. The first-order chi connectivity index (χ1) is 5.27. The molecule has 0 spiro atoms. The third-order valence-corrected chi connectivity index (χ3v) is 1.13. The Labute approximate surface area is 66.7 Å². The summed E-state index contributed by atoms with van der Waals surface area (Å²) < 4.78 is 4.89. The molecule has 1 aliphatic heterocycles. The topological polar surface area (TPSA) is 46.5 Å². The van der Waals surface area contributed by atoms with E-state index in [0.29, 0.717) is 0 Å². The Morgan fingerprint density at radius 2 is 2.36 bits per heavy atom. The van der Waals surface area contributed by atoms with Crippen LogP contribution >= 0.6 is 0 Å². The highest BCUT2D eigenvalue weighted by Gasteiger charge is 1.86. The molecule has 0 saturated heterocycles. The monoisotopic (exact) mass is 158 g/mol. The van der Waals surface area contributed by atoms with E-state index in [1.54, 1.807) is 13.2 Å². The lowest BCUT2D eigenvalue weighted by Crippen LogP contribution is -1.90. The maximum absolute atomic E-state index is 9.37. The summed E-state index contributed by atoms with van der Waals surface area (Å²) >= 11 is 0. The van der Waals surface area contributed by atoms with Gasteiger partial charge in [-0.15, -0.1) is 0 Å². The highest BCUT2D eigenvalue weighted by Crippen LogP contribution is 1.97. The van der Waals surface area contributed by atoms with Crippen molar-refractivity contribution in [2.24, 2.45) is 0 Å². The SMILES string of the molecule is C1=COCCC1.CCC(=O)O. The van der Waals surface area contributed by atoms with Crippen LogP contribution in [-0.4, -0.2) is 17.7 Å². The predicted octanol–water partition coefficient (Wildman–Crippen LogP) is 1.79. The smallest absolute Gasteiger partial charge is 0.303 e. The van der Waals surface area contributed by atoms with Gasteiger partial charge >= 0.3 is 5.97 Å². The van der Waals surface area contributed by atoms with E-state index in [1.165, 1.54) is 12.8 Å². The Morgan fingerprint density at radius 3 is 2.45 bits per heavy atom. The number of allylic oxidation sites excluding steroid dienone is 1. The lowest BCUT2D eigenvalue weighted by Gasteiger charge is -2.01. The zero-order valence-corrected chi connectivity index (χ0v) is 6.75. The number of carboxylic acids is 1. The van der Waals surface area contributed by atoms with E-state index in [1.807, 2.05) is 6.08 Å². The summed E-state index contributed by atoms with van der Waals surface area (Å²) in [7, 11) is 0. The van der Waals surface area contributed by atoms with Gasteiger partial charge in [-0.25, -0.2) is 0 Å². The third-order valence-electron chi connectivity index (χ3n) is 1.13. The number of carbonyl (C=O) groups is 1. The first kappa shape index (κ1) is 10.0. The van der Waals surface area contributed by atoms with Gasteiger partial charge in [-0.3, -0.25) is 4.79 Å². The Morgan fingerprint density at radius 1 is 1.73 bits per heavy atom. The summed E-state index contributed by atoms with van der Waals surface area (Å²) in [6.07, 6.45) is 6.42. The molecule has 3 heteroatoms. The summed E-state index contributed by atoms with van der Waals surface area (Å²) in [6, 6.07) is 0. The molecule has 0 amide bonds. The second kappa shape index (κ2) is 7.12. The number of rotatable bonds is 1. The molecule has 0 fully saturated rings. The molecule has 0 aliphatic carbocycles. The van der Waals surface area contributed by atoms with E-state index < -0.39 is 5.97 Å². The normalized spacial score (nSPS) is 14.3. The number of ether oxygens (including phenoxy) is 1. The minimum atomic E-state index is -0.745. The molecule has 1 N–H and O–H groups in total. The van der Waals surface area contributed by atoms with Crippen LogP contribution in [0, 0.1) is 0 Å². The lowest BCUT2D eigenvalue weighted by molar-refractivity contribution is -0.136. The van der Waals surface area contributed by atoms with Crippen LogP contribution in [0.3, 0.4) is 0 Å². The maximum atomic E-state index is 9.37. The van der Waals surface area contributed by atoms with Crippen LogP contribution in [0.15, 0.2) is 12.3 Å². The van der Waals surface area contributed by atoms with Gasteiger partial charge in [-0.2, -0.15) is 0 Å². The van der Waals surface area contributed by atoms with Crippen molar-refractivity contribution in [1.82, 2.24) is 0 Å². The van der Waals surface area contributed by atoms with Crippen LogP contribution in [0.1, 0.15) is 26.2 Å². The van der Waals surface area contributed by atoms with Crippen LogP contribution < -0.4 is 0 Å². The van der Waals surface area contributed by atoms with Gasteiger partial charge in [-0.1, -0.05) is 6.92 Å². The summed E-state index contributed by atoms with van der Waals surface area (Å²) in [4.78, 5) is 9.37. The molecule has 1 aliphatic rings. The molecule has 0 bridgehead atoms. The van der Waals surface area contributed by atoms with Gasteiger partial charge in [0, 0.05) is 6.42 Å². The van der Waals surface area contributed by atoms with Crippen molar-refractivity contribution in [3.8, 4) is 0 Å². The predicted molar refractivity (Wildman–Crippen MR) is 42.3 cm³/mol. The van der Waals surface area contributed by atoms with E-state index in [4.69, 9.17) is 9.84 Å². The first-order valence-corrected chi connectivity index (χ1v) is 3.75. The Kier molecular flexibility index (Phi) is 6.48. The van der Waals surface area contributed by atoms with Crippen LogP contribution in [0.5, 0.6) is 0 Å². The Balaban J connectivity index is 0.000000187. The van der Waals surface area contributed by atoms with Crippen molar-refractivity contribution < 1.29 is 14.6 Å². The van der Waals surface area contributed by atoms with Crippen molar-refractivity contribution in [2.45, 2.75) is 26.2 Å². The molecule has 64 valence electrons. The molecule has 0 aromatic heterocycles. The average molecular weight is 158 g/mol. The largest absolute Gasteiger partial charge is 0.502 e. The van der Waals surface area contributed by atoms with E-state index in [-0.39, 0.29) is 6.42 Å². The molecule has 0 saturated carbocycles. The fraction of sp³-hybridized carbons (Fsp3) is 0.625. The highest BCUT2D eigenvalue weighted by atomic mass is 16.5. The quantitative estimate of drug-likeness (QED) is 0.632. The zero-order chi connectivity index (χ0) is 8.53. The molecular weight excluding hydrogens is 144 g/mol. The lowest BCUT2D eigenvalue weighted by atomic mass is 10.3. The molecule has 1 rings (SSSR count). The number of hydrogen-bond acceptors (Lipinski definition) is 2. The van der Waals surface area contributed by atoms with E-state index in [0.717, 1.165) is 6.61 Å². The summed E-state index contributed by atoms with van der Waals surface area (Å²) in [6.45, 7) is 2.51. The number of carboxylic acid groups (broad SMARTS) is 1. The molecule has 1 heterocycles. The minimum absolute atomic E-state index is 0.222. The Bertz CT molecular complexity index is 121. The number of hydrogen-bond donors (Lipinski definition) is 1. The van der Waals surface area contributed by atoms with Gasteiger partial charge in [0.2, 0.25) is 0 Å². The fourth-order valence-electron chi connectivity index (χ4n) is 0.489. The molecule has 0 radical (unpaired) electrons. The second-order valence-corrected chi connectivity index (χ2v) is 2.13. The summed E-state index contributed by atoms with van der Waals surface area (Å²) in [5.74, 6) is -0.745. The van der Waals surface area contributed by atoms with Gasteiger partial charge in [0.1, 0.15) is 0 Å². The van der Waals surface area contributed by atoms with E-state index >= 15 is 0 Å². The maximum Gasteiger partial charge on any atom is 0.303 e. The van der Waals surface area contributed by atoms with Gasteiger partial charge in [-0.05, 0) is 18.9 Å². The van der Waals surface area contributed by atoms with Crippen LogP contribution in [0.2, 0.25) is 0 Å². The number of aliphatic carboxylic acids is 1. The fourth-order valence-corrected chi connectivity index (χ4v) is 0.489. The van der Waals surface area contributed by atoms with Crippen molar-refractivity contribution >= 4 is 5.97 Å². The van der Waals surface area contributed by atoms with Crippen molar-refractivity contribution in [1.29, 1.82) is 0 Å². The second-order valence-electron chi connectivity index (χ2n) is 2.13. The Hall–Kier alpha value is -0.990. The van der Waals surface area contributed by atoms with Gasteiger partial charge in [0.05, 0.1) is 12.9 Å². The average Bonchev–Trinajstić information content (AvgIpc) is 2.09. The van der Waals surface area contributed by atoms with Crippen LogP contribution in [-0.2, 0) is 9.53 Å². The third kappa shape index (κ3) is 9.01. The molecular formula is C8H14O3. The molecule has 0 aromatic carbocycles. The summed E-state index contributed by atoms with van der Waals surface area (Å²) in [5, 5.41) is 7.72. The minimum Gasteiger partial charge on any atom is -0.502 e. The van der Waals surface area contributed by atoms with Crippen molar-refractivity contribution in [3.05, 3.63) is 12.3 Å². The van der Waals surface area contributed by atoms with Gasteiger partial charge in [0.15, 0.2) is 0 Å². The highest BCUT2D eigenvalue weighted by molar-refractivity contribution is 5.66. The van der Waals surface area contributed by atoms with E-state index in [9.17, 15) is 4.79 Å². The molecule has 3 nitrogen and oxygen atoms in total. The standard InChI is InChI=1S/C5H8O.C3H6O2/c1-2-4-6-5-3-1;1-2-3(4)5/h2,4H,1,3,5H2;2H2,1H3,(H,4,5). The van der Waals surface area contributed by atoms with Crippen molar-refractivity contribution in [2.75, 3.05) is 6.61 Å². The molecule has 11 heavy (non-hydrogen) atoms. The molecule has 0 unspecified atom stereocenters. The van der Waals surface area contributed by atoms with Crippen LogP contribution in [0.4, 0.5) is 0 Å².